The Labute approximate surface area is 243 Å². The molecule has 0 radical (unpaired) electrons. The van der Waals surface area contributed by atoms with Gasteiger partial charge in [0, 0.05) is 40.7 Å². The van der Waals surface area contributed by atoms with Gasteiger partial charge >= 0.3 is 5.97 Å². The Balaban J connectivity index is 1.33. The number of benzene rings is 3. The minimum atomic E-state index is -1.02. The van der Waals surface area contributed by atoms with Crippen LogP contribution in [-0.2, 0) is 16.0 Å². The number of hydrogen-bond donors (Lipinski definition) is 2. The molecule has 41 heavy (non-hydrogen) atoms. The van der Waals surface area contributed by atoms with Gasteiger partial charge in [0.15, 0.2) is 5.78 Å². The van der Waals surface area contributed by atoms with E-state index in [-0.39, 0.29) is 18.1 Å². The Morgan fingerprint density at radius 3 is 2.37 bits per heavy atom. The number of anilines is 1. The summed E-state index contributed by atoms with van der Waals surface area (Å²) in [6, 6.07) is 26.0. The highest BCUT2D eigenvalue weighted by Gasteiger charge is 2.21. The van der Waals surface area contributed by atoms with Crippen LogP contribution in [-0.4, -0.2) is 53.4 Å². The standard InChI is InChI=1S/C33H32N2O5S/c1-2-35(31(36)19-18-27-11-8-22-41-27)20-21-40-26-16-14-24(15-17-26)23-30(33(38)39)34-29-13-7-6-12-28(29)32(37)25-9-4-3-5-10-25/h3-19,22,30,34H,2,20-21,23H2,1H3,(H,38,39)/b19-18+/t30-/m0/s1. The number of nitrogens with zero attached hydrogens (tertiary/aromatic N) is 1. The van der Waals surface area contributed by atoms with E-state index in [2.05, 4.69) is 5.32 Å². The molecule has 0 saturated carbocycles. The summed E-state index contributed by atoms with van der Waals surface area (Å²) in [5, 5.41) is 14.9. The lowest BCUT2D eigenvalue weighted by Gasteiger charge is -2.20. The first-order valence-corrected chi connectivity index (χ1v) is 14.2. The molecular formula is C33H32N2O5S. The van der Waals surface area contributed by atoms with E-state index in [1.807, 2.05) is 48.7 Å². The molecule has 0 unspecified atom stereocenters. The largest absolute Gasteiger partial charge is 0.492 e. The number of rotatable bonds is 14. The summed E-state index contributed by atoms with van der Waals surface area (Å²) in [6.45, 7) is 3.27. The van der Waals surface area contributed by atoms with Crippen LogP contribution in [0.25, 0.3) is 6.08 Å². The van der Waals surface area contributed by atoms with Crippen LogP contribution >= 0.6 is 11.3 Å². The van der Waals surface area contributed by atoms with Gasteiger partial charge in [0.25, 0.3) is 0 Å². The molecule has 210 valence electrons. The number of thiophene rings is 1. The van der Waals surface area contributed by atoms with Crippen molar-refractivity contribution in [3.05, 3.63) is 124 Å². The molecule has 0 bridgehead atoms. The lowest BCUT2D eigenvalue weighted by atomic mass is 10.00. The number of carbonyl (C=O) groups is 3. The van der Waals surface area contributed by atoms with Gasteiger partial charge in [-0.15, -0.1) is 11.3 Å². The molecule has 1 aromatic heterocycles. The molecule has 0 aliphatic rings. The third kappa shape index (κ3) is 8.40. The Morgan fingerprint density at radius 2 is 1.68 bits per heavy atom. The Hall–Kier alpha value is -4.69. The molecule has 0 saturated heterocycles. The predicted molar refractivity (Wildman–Crippen MR) is 163 cm³/mol. The second-order valence-corrected chi connectivity index (χ2v) is 10.2. The zero-order valence-corrected chi connectivity index (χ0v) is 23.6. The van der Waals surface area contributed by atoms with E-state index >= 15 is 0 Å². The van der Waals surface area contributed by atoms with Crippen LogP contribution in [0, 0.1) is 0 Å². The van der Waals surface area contributed by atoms with Crippen molar-refractivity contribution in [1.82, 2.24) is 4.90 Å². The monoisotopic (exact) mass is 568 g/mol. The Morgan fingerprint density at radius 1 is 0.951 bits per heavy atom. The Kier molecular flexibility index (Phi) is 10.5. The number of carbonyl (C=O) groups excluding carboxylic acids is 2. The number of ether oxygens (including phenoxy) is 1. The molecule has 0 fully saturated rings. The van der Waals surface area contributed by atoms with Crippen molar-refractivity contribution in [2.75, 3.05) is 25.0 Å². The average molecular weight is 569 g/mol. The summed E-state index contributed by atoms with van der Waals surface area (Å²) in [5.41, 5.74) is 2.21. The van der Waals surface area contributed by atoms with Gasteiger partial charge in [0.2, 0.25) is 5.91 Å². The maximum absolute atomic E-state index is 13.1. The number of ketones is 1. The van der Waals surface area contributed by atoms with Gasteiger partial charge in [0.05, 0.1) is 6.54 Å². The third-order valence-corrected chi connectivity index (χ3v) is 7.29. The normalized spacial score (nSPS) is 11.6. The fourth-order valence-corrected chi connectivity index (χ4v) is 4.86. The lowest BCUT2D eigenvalue weighted by Crippen LogP contribution is -2.33. The van der Waals surface area contributed by atoms with Crippen LogP contribution in [0.1, 0.15) is 33.3 Å². The number of nitrogens with one attached hydrogen (secondary N) is 1. The van der Waals surface area contributed by atoms with Crippen molar-refractivity contribution in [2.45, 2.75) is 19.4 Å². The van der Waals surface area contributed by atoms with Crippen molar-refractivity contribution < 1.29 is 24.2 Å². The van der Waals surface area contributed by atoms with Crippen LogP contribution in [0.3, 0.4) is 0 Å². The molecule has 1 amide bonds. The maximum Gasteiger partial charge on any atom is 0.326 e. The van der Waals surface area contributed by atoms with E-state index in [1.54, 1.807) is 83.0 Å². The van der Waals surface area contributed by atoms with Gasteiger partial charge in [-0.1, -0.05) is 60.7 Å². The predicted octanol–water partition coefficient (Wildman–Crippen LogP) is 6.03. The number of carboxylic acid groups (broad SMARTS) is 1. The summed E-state index contributed by atoms with van der Waals surface area (Å²) in [4.78, 5) is 40.4. The summed E-state index contributed by atoms with van der Waals surface area (Å²) >= 11 is 1.57. The molecule has 1 heterocycles. The van der Waals surface area contributed by atoms with Crippen molar-refractivity contribution in [3.8, 4) is 5.75 Å². The summed E-state index contributed by atoms with van der Waals surface area (Å²) in [7, 11) is 0. The van der Waals surface area contributed by atoms with E-state index in [9.17, 15) is 19.5 Å². The number of carboxylic acids is 1. The zero-order valence-electron chi connectivity index (χ0n) is 22.7. The van der Waals surface area contributed by atoms with E-state index in [0.717, 1.165) is 10.4 Å². The highest BCUT2D eigenvalue weighted by atomic mass is 32.1. The van der Waals surface area contributed by atoms with Gasteiger partial charge in [-0.2, -0.15) is 0 Å². The van der Waals surface area contributed by atoms with Crippen molar-refractivity contribution in [2.24, 2.45) is 0 Å². The smallest absolute Gasteiger partial charge is 0.326 e. The second-order valence-electron chi connectivity index (χ2n) is 9.24. The fourth-order valence-electron chi connectivity index (χ4n) is 4.24. The van der Waals surface area contributed by atoms with Gasteiger partial charge in [-0.25, -0.2) is 4.79 Å². The molecule has 0 aliphatic carbocycles. The van der Waals surface area contributed by atoms with Crippen molar-refractivity contribution >= 4 is 40.8 Å². The van der Waals surface area contributed by atoms with E-state index in [1.165, 1.54) is 0 Å². The van der Waals surface area contributed by atoms with E-state index < -0.39 is 12.0 Å². The number of amides is 1. The number of aliphatic carboxylic acids is 1. The molecule has 4 aromatic rings. The molecular weight excluding hydrogens is 536 g/mol. The van der Waals surface area contributed by atoms with Gasteiger partial charge < -0.3 is 20.1 Å². The molecule has 2 N–H and O–H groups in total. The minimum Gasteiger partial charge on any atom is -0.492 e. The topological polar surface area (TPSA) is 95.9 Å². The van der Waals surface area contributed by atoms with Crippen LogP contribution in [0.15, 0.2) is 102 Å². The summed E-state index contributed by atoms with van der Waals surface area (Å²) in [6.07, 6.45) is 3.60. The minimum absolute atomic E-state index is 0.0703. The highest BCUT2D eigenvalue weighted by molar-refractivity contribution is 7.10. The average Bonchev–Trinajstić information content (AvgIpc) is 3.53. The first kappa shape index (κ1) is 29.3. The molecule has 1 atom stereocenters. The Bertz CT molecular complexity index is 1470. The molecule has 3 aromatic carbocycles. The van der Waals surface area contributed by atoms with Crippen molar-refractivity contribution in [1.29, 1.82) is 0 Å². The van der Waals surface area contributed by atoms with Crippen LogP contribution < -0.4 is 10.1 Å². The van der Waals surface area contributed by atoms with Gasteiger partial charge in [-0.05, 0) is 54.3 Å². The fraction of sp³-hybridized carbons (Fsp3) is 0.182. The first-order chi connectivity index (χ1) is 19.9. The lowest BCUT2D eigenvalue weighted by molar-refractivity contribution is -0.137. The van der Waals surface area contributed by atoms with E-state index in [0.29, 0.717) is 42.3 Å². The molecule has 7 nitrogen and oxygen atoms in total. The third-order valence-electron chi connectivity index (χ3n) is 6.46. The number of para-hydroxylation sites is 1. The van der Waals surface area contributed by atoms with Gasteiger partial charge in [-0.3, -0.25) is 9.59 Å². The zero-order chi connectivity index (χ0) is 29.0. The summed E-state index contributed by atoms with van der Waals surface area (Å²) in [5.74, 6) is -0.643. The second kappa shape index (κ2) is 14.6. The molecule has 4 rings (SSSR count). The van der Waals surface area contributed by atoms with Crippen molar-refractivity contribution in [3.63, 3.8) is 0 Å². The molecule has 0 aliphatic heterocycles. The SMILES string of the molecule is CCN(CCOc1ccc(C[C@H](Nc2ccccc2C(=O)c2ccccc2)C(=O)O)cc1)C(=O)/C=C/c1cccs1. The molecule has 8 heteroatoms. The number of likely N-dealkylation sites (N-methyl/N-ethyl adjacent to an activating group) is 1. The summed E-state index contributed by atoms with van der Waals surface area (Å²) < 4.78 is 5.84. The quantitative estimate of drug-likeness (QED) is 0.143. The van der Waals surface area contributed by atoms with Gasteiger partial charge in [0.1, 0.15) is 18.4 Å². The number of hydrogen-bond acceptors (Lipinski definition) is 6. The highest BCUT2D eigenvalue weighted by Crippen LogP contribution is 2.22. The van der Waals surface area contributed by atoms with Crippen LogP contribution in [0.4, 0.5) is 5.69 Å². The maximum atomic E-state index is 13.1. The first-order valence-electron chi connectivity index (χ1n) is 13.3. The molecule has 0 spiro atoms. The van der Waals surface area contributed by atoms with Crippen LogP contribution in [0.5, 0.6) is 5.75 Å². The van der Waals surface area contributed by atoms with E-state index in [4.69, 9.17) is 4.74 Å². The van der Waals surface area contributed by atoms with Crippen LogP contribution in [0.2, 0.25) is 0 Å².